The van der Waals surface area contributed by atoms with Crippen molar-refractivity contribution in [3.8, 4) is 29.7 Å². The minimum absolute atomic E-state index is 0.0282. The van der Waals surface area contributed by atoms with Gasteiger partial charge in [-0.3, -0.25) is 0 Å². The lowest BCUT2D eigenvalue weighted by molar-refractivity contribution is -0.0620. The van der Waals surface area contributed by atoms with E-state index in [0.717, 1.165) is 5.01 Å². The molecule has 0 N–H and O–H groups in total. The highest BCUT2D eigenvalue weighted by atomic mass is 35.5. The normalized spacial score (nSPS) is 11.3. The van der Waals surface area contributed by atoms with Gasteiger partial charge < -0.3 is 14.0 Å². The summed E-state index contributed by atoms with van der Waals surface area (Å²) < 4.78 is 16.6. The molecule has 37 heavy (non-hydrogen) atoms. The van der Waals surface area contributed by atoms with Crippen LogP contribution in [0, 0.1) is 30.6 Å². The summed E-state index contributed by atoms with van der Waals surface area (Å²) in [6, 6.07) is 7.13. The summed E-state index contributed by atoms with van der Waals surface area (Å²) >= 11 is 6.30. The third-order valence-electron chi connectivity index (χ3n) is 4.88. The molecule has 0 aliphatic carbocycles. The van der Waals surface area contributed by atoms with Gasteiger partial charge >= 0.3 is 12.2 Å². The summed E-state index contributed by atoms with van der Waals surface area (Å²) in [4.78, 5) is 26.2. The van der Waals surface area contributed by atoms with Gasteiger partial charge in [0.25, 0.3) is 0 Å². The lowest BCUT2D eigenvalue weighted by atomic mass is 10.0. The highest BCUT2D eigenvalue weighted by Gasteiger charge is 2.33. The molecular weight excluding hydrogens is 496 g/mol. The standard InChI is InChI=1S/C27H33ClN4O5/c1-9-10-14-31(24(33)35-26(3,4)5)32(25(34)36-27(6,7)8)15-13-20-16-22(30-37-20)21-12-11-19(17-29)23(28)18(21)2/h1,11-12,16H,10,13-15H2,2-8H3. The molecule has 0 spiro atoms. The first-order valence-electron chi connectivity index (χ1n) is 11.8. The number of halogens is 1. The van der Waals surface area contributed by atoms with Crippen LogP contribution in [0.5, 0.6) is 0 Å². The SMILES string of the molecule is C#CCCN(C(=O)OC(C)(C)C)N(CCc1cc(-c2ccc(C#N)c(Cl)c2C)no1)C(=O)OC(C)(C)C. The fourth-order valence-corrected chi connectivity index (χ4v) is 3.45. The van der Waals surface area contributed by atoms with Crippen LogP contribution in [-0.4, -0.2) is 51.7 Å². The smallest absolute Gasteiger partial charge is 0.429 e. The molecule has 0 atom stereocenters. The number of nitriles is 1. The lowest BCUT2D eigenvalue weighted by Crippen LogP contribution is -2.53. The number of hydrogen-bond donors (Lipinski definition) is 0. The summed E-state index contributed by atoms with van der Waals surface area (Å²) in [5.74, 6) is 2.95. The minimum Gasteiger partial charge on any atom is -0.442 e. The van der Waals surface area contributed by atoms with E-state index < -0.39 is 23.4 Å². The molecule has 10 heteroatoms. The number of carbonyl (C=O) groups is 2. The van der Waals surface area contributed by atoms with Crippen molar-refractivity contribution < 1.29 is 23.6 Å². The number of terminal acetylenes is 1. The van der Waals surface area contributed by atoms with Crippen LogP contribution in [0.1, 0.15) is 64.9 Å². The number of rotatable bonds is 6. The summed E-state index contributed by atoms with van der Waals surface area (Å²) in [6.07, 6.45) is 4.38. The van der Waals surface area contributed by atoms with E-state index in [1.165, 1.54) is 5.01 Å². The predicted octanol–water partition coefficient (Wildman–Crippen LogP) is 6.13. The van der Waals surface area contributed by atoms with Crippen molar-refractivity contribution in [2.45, 2.75) is 72.5 Å². The molecule has 1 aromatic carbocycles. The van der Waals surface area contributed by atoms with Crippen molar-refractivity contribution in [2.75, 3.05) is 13.1 Å². The Morgan fingerprint density at radius 2 is 1.65 bits per heavy atom. The van der Waals surface area contributed by atoms with E-state index in [4.69, 9.17) is 32.0 Å². The zero-order valence-corrected chi connectivity index (χ0v) is 23.1. The Bertz CT molecular complexity index is 1210. The average Bonchev–Trinajstić information content (AvgIpc) is 3.23. The van der Waals surface area contributed by atoms with E-state index in [1.807, 2.05) is 6.07 Å². The van der Waals surface area contributed by atoms with Gasteiger partial charge in [0.1, 0.15) is 28.7 Å². The van der Waals surface area contributed by atoms with Crippen LogP contribution in [0.2, 0.25) is 5.02 Å². The van der Waals surface area contributed by atoms with Crippen molar-refractivity contribution >= 4 is 23.8 Å². The molecule has 0 fully saturated rings. The van der Waals surface area contributed by atoms with Crippen LogP contribution in [0.4, 0.5) is 9.59 Å². The topological polar surface area (TPSA) is 109 Å². The van der Waals surface area contributed by atoms with Crippen LogP contribution in [0.25, 0.3) is 11.3 Å². The second kappa shape index (κ2) is 12.0. The van der Waals surface area contributed by atoms with Crippen molar-refractivity contribution in [1.82, 2.24) is 15.2 Å². The quantitative estimate of drug-likeness (QED) is 0.327. The van der Waals surface area contributed by atoms with E-state index in [1.54, 1.807) is 66.7 Å². The molecular formula is C27H33ClN4O5. The molecule has 0 saturated heterocycles. The van der Waals surface area contributed by atoms with Crippen LogP contribution in [-0.2, 0) is 15.9 Å². The van der Waals surface area contributed by atoms with Crippen LogP contribution >= 0.6 is 11.6 Å². The van der Waals surface area contributed by atoms with E-state index in [0.29, 0.717) is 33.2 Å². The summed E-state index contributed by atoms with van der Waals surface area (Å²) in [5, 5.41) is 16.0. The number of ether oxygens (including phenoxy) is 2. The van der Waals surface area contributed by atoms with Crippen LogP contribution in [0.15, 0.2) is 22.7 Å². The number of nitrogens with zero attached hydrogens (tertiary/aromatic N) is 4. The maximum Gasteiger partial charge on any atom is 0.429 e. The Labute approximate surface area is 223 Å². The first kappa shape index (κ1) is 29.5. The van der Waals surface area contributed by atoms with Gasteiger partial charge in [-0.1, -0.05) is 22.8 Å². The van der Waals surface area contributed by atoms with Gasteiger partial charge in [-0.05, 0) is 60.1 Å². The second-order valence-electron chi connectivity index (χ2n) is 10.3. The molecule has 9 nitrogen and oxygen atoms in total. The Kier molecular flexibility index (Phi) is 9.61. The van der Waals surface area contributed by atoms with E-state index in [2.05, 4.69) is 11.1 Å². The van der Waals surface area contributed by atoms with Crippen molar-refractivity contribution in [1.29, 1.82) is 5.26 Å². The summed E-state index contributed by atoms with van der Waals surface area (Å²) in [5.41, 5.74) is 0.722. The highest BCUT2D eigenvalue weighted by Crippen LogP contribution is 2.31. The lowest BCUT2D eigenvalue weighted by Gasteiger charge is -2.36. The molecule has 2 amide bonds. The maximum absolute atomic E-state index is 13.1. The number of amides is 2. The molecule has 198 valence electrons. The number of carbonyl (C=O) groups excluding carboxylic acids is 2. The van der Waals surface area contributed by atoms with Crippen LogP contribution in [0.3, 0.4) is 0 Å². The van der Waals surface area contributed by atoms with Gasteiger partial charge in [-0.25, -0.2) is 19.6 Å². The van der Waals surface area contributed by atoms with Crippen LogP contribution < -0.4 is 0 Å². The Morgan fingerprint density at radius 1 is 1.08 bits per heavy atom. The number of hydrazine groups is 1. The highest BCUT2D eigenvalue weighted by molar-refractivity contribution is 6.32. The molecule has 0 saturated carbocycles. The molecule has 2 rings (SSSR count). The molecule has 0 aliphatic rings. The monoisotopic (exact) mass is 528 g/mol. The fraction of sp³-hybridized carbons (Fsp3) is 0.481. The largest absolute Gasteiger partial charge is 0.442 e. The van der Waals surface area contributed by atoms with Crippen molar-refractivity contribution in [3.05, 3.63) is 40.1 Å². The molecule has 0 aliphatic heterocycles. The third-order valence-corrected chi connectivity index (χ3v) is 5.37. The Balaban J connectivity index is 2.33. The van der Waals surface area contributed by atoms with E-state index >= 15 is 0 Å². The first-order valence-corrected chi connectivity index (χ1v) is 12.1. The van der Waals surface area contributed by atoms with Gasteiger partial charge in [0.15, 0.2) is 0 Å². The average molecular weight is 529 g/mol. The zero-order chi connectivity index (χ0) is 28.0. The molecule has 0 radical (unpaired) electrons. The van der Waals surface area contributed by atoms with Gasteiger partial charge in [-0.2, -0.15) is 5.26 Å². The molecule has 0 bridgehead atoms. The minimum atomic E-state index is -0.799. The maximum atomic E-state index is 13.1. The summed E-state index contributed by atoms with van der Waals surface area (Å²) in [6.45, 7) is 12.3. The second-order valence-corrected chi connectivity index (χ2v) is 10.7. The third kappa shape index (κ3) is 8.44. The number of benzene rings is 1. The molecule has 2 aromatic rings. The molecule has 1 aromatic heterocycles. The number of aromatic nitrogens is 1. The van der Waals surface area contributed by atoms with Gasteiger partial charge in [0.2, 0.25) is 0 Å². The van der Waals surface area contributed by atoms with Gasteiger partial charge in [-0.15, -0.1) is 12.3 Å². The van der Waals surface area contributed by atoms with Gasteiger partial charge in [0.05, 0.1) is 23.7 Å². The fourth-order valence-electron chi connectivity index (χ4n) is 3.24. The van der Waals surface area contributed by atoms with E-state index in [-0.39, 0.29) is 25.9 Å². The van der Waals surface area contributed by atoms with E-state index in [9.17, 15) is 14.9 Å². The Hall–Kier alpha value is -3.69. The van der Waals surface area contributed by atoms with Crippen molar-refractivity contribution in [3.63, 3.8) is 0 Å². The Morgan fingerprint density at radius 3 is 2.16 bits per heavy atom. The van der Waals surface area contributed by atoms with Crippen molar-refractivity contribution in [2.24, 2.45) is 0 Å². The predicted molar refractivity (Wildman–Crippen MR) is 139 cm³/mol. The molecule has 0 unspecified atom stereocenters. The number of hydrogen-bond acceptors (Lipinski definition) is 7. The van der Waals surface area contributed by atoms with Gasteiger partial charge in [0, 0.05) is 24.5 Å². The molecule has 1 heterocycles. The summed E-state index contributed by atoms with van der Waals surface area (Å²) in [7, 11) is 0. The first-order chi connectivity index (χ1) is 17.2. The zero-order valence-electron chi connectivity index (χ0n) is 22.3.